The number of hydrogen-bond acceptors (Lipinski definition) is 4. The van der Waals surface area contributed by atoms with E-state index in [4.69, 9.17) is 9.57 Å². The lowest BCUT2D eigenvalue weighted by molar-refractivity contribution is -0.0699. The molecule has 0 saturated carbocycles. The van der Waals surface area contributed by atoms with Crippen LogP contribution in [0, 0.1) is 0 Å². The molecule has 120 valence electrons. The van der Waals surface area contributed by atoms with Crippen molar-refractivity contribution in [2.24, 2.45) is 0 Å². The zero-order valence-electron chi connectivity index (χ0n) is 13.3. The second-order valence-electron chi connectivity index (χ2n) is 5.73. The zero-order chi connectivity index (χ0) is 16.1. The van der Waals surface area contributed by atoms with E-state index in [0.29, 0.717) is 11.6 Å². The van der Waals surface area contributed by atoms with Crippen molar-refractivity contribution in [2.45, 2.75) is 25.3 Å². The van der Waals surface area contributed by atoms with Crippen LogP contribution in [0.25, 0.3) is 0 Å². The van der Waals surface area contributed by atoms with Crippen molar-refractivity contribution < 1.29 is 14.4 Å². The van der Waals surface area contributed by atoms with Gasteiger partial charge in [-0.3, -0.25) is 0 Å². The molecule has 1 aliphatic heterocycles. The van der Waals surface area contributed by atoms with E-state index in [1.165, 1.54) is 12.7 Å². The van der Waals surface area contributed by atoms with Crippen LogP contribution < -0.4 is 4.84 Å². The van der Waals surface area contributed by atoms with Gasteiger partial charge in [-0.1, -0.05) is 30.3 Å². The van der Waals surface area contributed by atoms with Crippen molar-refractivity contribution in [1.29, 1.82) is 0 Å². The third-order valence-electron chi connectivity index (χ3n) is 4.14. The summed E-state index contributed by atoms with van der Waals surface area (Å²) in [6.07, 6.45) is 3.26. The molecule has 1 fully saturated rings. The third-order valence-corrected chi connectivity index (χ3v) is 4.14. The summed E-state index contributed by atoms with van der Waals surface area (Å²) < 4.78 is 4.70. The Hall–Kier alpha value is -2.33. The molecule has 0 unspecified atom stereocenters. The second-order valence-corrected chi connectivity index (χ2v) is 5.73. The molecule has 0 radical (unpaired) electrons. The number of carbonyl (C=O) groups is 1. The van der Waals surface area contributed by atoms with E-state index >= 15 is 0 Å². The van der Waals surface area contributed by atoms with Crippen LogP contribution in [0.3, 0.4) is 0 Å². The van der Waals surface area contributed by atoms with E-state index in [0.717, 1.165) is 31.6 Å². The molecule has 23 heavy (non-hydrogen) atoms. The second kappa shape index (κ2) is 7.29. The lowest BCUT2D eigenvalue weighted by atomic mass is 10.0. The van der Waals surface area contributed by atoms with Crippen molar-refractivity contribution in [1.82, 2.24) is 5.06 Å². The van der Waals surface area contributed by atoms with Crippen LogP contribution >= 0.6 is 0 Å². The number of rotatable bonds is 5. The number of hydroxylamine groups is 2. The fourth-order valence-corrected chi connectivity index (χ4v) is 2.92. The largest absolute Gasteiger partial charge is 0.465 e. The lowest BCUT2D eigenvalue weighted by Gasteiger charge is -2.24. The van der Waals surface area contributed by atoms with E-state index < -0.39 is 0 Å². The van der Waals surface area contributed by atoms with Crippen molar-refractivity contribution >= 4 is 5.97 Å². The first kappa shape index (κ1) is 15.6. The highest BCUT2D eigenvalue weighted by atomic mass is 16.7. The van der Waals surface area contributed by atoms with Crippen molar-refractivity contribution in [2.75, 3.05) is 13.7 Å². The Labute approximate surface area is 136 Å². The fraction of sp³-hybridized carbons (Fsp3) is 0.316. The van der Waals surface area contributed by atoms with Crippen LogP contribution in [0.2, 0.25) is 0 Å². The highest BCUT2D eigenvalue weighted by Gasteiger charge is 2.26. The number of methoxy groups -OCH3 is 1. The van der Waals surface area contributed by atoms with Crippen LogP contribution in [0.5, 0.6) is 5.75 Å². The summed E-state index contributed by atoms with van der Waals surface area (Å²) in [5, 5.41) is 2.06. The number of hydrogen-bond donors (Lipinski definition) is 0. The van der Waals surface area contributed by atoms with Crippen LogP contribution in [0.4, 0.5) is 0 Å². The summed E-state index contributed by atoms with van der Waals surface area (Å²) >= 11 is 0. The number of nitrogens with zero attached hydrogens (tertiary/aromatic N) is 1. The maximum absolute atomic E-state index is 11.5. The zero-order valence-corrected chi connectivity index (χ0v) is 13.3. The molecule has 0 aliphatic carbocycles. The molecule has 3 rings (SSSR count). The maximum Gasteiger partial charge on any atom is 0.337 e. The SMILES string of the molecule is COC(=O)c1ccc(ON2CCC[C@H]2Cc2ccccc2)cc1. The average molecular weight is 311 g/mol. The minimum absolute atomic E-state index is 0.334. The predicted octanol–water partition coefficient (Wildman–Crippen LogP) is 3.47. The van der Waals surface area contributed by atoms with Gasteiger partial charge in [-0.2, -0.15) is 0 Å². The van der Waals surface area contributed by atoms with Gasteiger partial charge in [0.25, 0.3) is 0 Å². The van der Waals surface area contributed by atoms with E-state index in [1.807, 2.05) is 18.2 Å². The number of ether oxygens (including phenoxy) is 1. The molecule has 1 saturated heterocycles. The van der Waals surface area contributed by atoms with Crippen LogP contribution in [0.15, 0.2) is 54.6 Å². The van der Waals surface area contributed by atoms with Gasteiger partial charge in [-0.25, -0.2) is 4.79 Å². The van der Waals surface area contributed by atoms with Gasteiger partial charge < -0.3 is 9.57 Å². The van der Waals surface area contributed by atoms with Crippen LogP contribution in [0.1, 0.15) is 28.8 Å². The Kier molecular flexibility index (Phi) is 4.93. The number of carbonyl (C=O) groups excluding carboxylic acids is 1. The van der Waals surface area contributed by atoms with Gasteiger partial charge in [0.2, 0.25) is 0 Å². The molecule has 1 aliphatic rings. The summed E-state index contributed by atoms with van der Waals surface area (Å²) in [6, 6.07) is 17.9. The Morgan fingerprint density at radius 3 is 2.57 bits per heavy atom. The molecule has 0 N–H and O–H groups in total. The van der Waals surface area contributed by atoms with Gasteiger partial charge in [0.1, 0.15) is 5.75 Å². The first-order valence-corrected chi connectivity index (χ1v) is 7.93. The van der Waals surface area contributed by atoms with Crippen molar-refractivity contribution in [3.05, 3.63) is 65.7 Å². The molecule has 2 aromatic rings. The van der Waals surface area contributed by atoms with E-state index in [9.17, 15) is 4.79 Å². The van der Waals surface area contributed by atoms with E-state index in [2.05, 4.69) is 29.3 Å². The van der Waals surface area contributed by atoms with Gasteiger partial charge in [-0.05, 0) is 49.1 Å². The molecule has 0 aromatic heterocycles. The molecule has 0 amide bonds. The molecule has 2 aromatic carbocycles. The number of benzene rings is 2. The topological polar surface area (TPSA) is 38.8 Å². The summed E-state index contributed by atoms with van der Waals surface area (Å²) in [6.45, 7) is 0.927. The fourth-order valence-electron chi connectivity index (χ4n) is 2.92. The van der Waals surface area contributed by atoms with E-state index in [1.54, 1.807) is 12.1 Å². The third kappa shape index (κ3) is 3.90. The average Bonchev–Trinajstić information content (AvgIpc) is 3.02. The van der Waals surface area contributed by atoms with Gasteiger partial charge >= 0.3 is 5.97 Å². The van der Waals surface area contributed by atoms with Gasteiger partial charge in [-0.15, -0.1) is 5.06 Å². The van der Waals surface area contributed by atoms with Crippen LogP contribution in [-0.2, 0) is 11.2 Å². The molecule has 4 heteroatoms. The summed E-state index contributed by atoms with van der Waals surface area (Å²) in [4.78, 5) is 17.5. The Morgan fingerprint density at radius 2 is 1.87 bits per heavy atom. The smallest absolute Gasteiger partial charge is 0.337 e. The first-order chi connectivity index (χ1) is 11.3. The van der Waals surface area contributed by atoms with Crippen LogP contribution in [-0.4, -0.2) is 30.7 Å². The Morgan fingerprint density at radius 1 is 1.13 bits per heavy atom. The summed E-state index contributed by atoms with van der Waals surface area (Å²) in [5.74, 6) is 0.414. The molecule has 0 bridgehead atoms. The normalized spacial score (nSPS) is 17.9. The highest BCUT2D eigenvalue weighted by molar-refractivity contribution is 5.89. The molecular weight excluding hydrogens is 290 g/mol. The quantitative estimate of drug-likeness (QED) is 0.793. The van der Waals surface area contributed by atoms with E-state index in [-0.39, 0.29) is 5.97 Å². The maximum atomic E-state index is 11.5. The first-order valence-electron chi connectivity index (χ1n) is 7.93. The Bertz CT molecular complexity index is 639. The van der Waals surface area contributed by atoms with Gasteiger partial charge in [0.15, 0.2) is 0 Å². The molecule has 0 spiro atoms. The number of esters is 1. The monoisotopic (exact) mass is 311 g/mol. The predicted molar refractivity (Wildman–Crippen MR) is 88.3 cm³/mol. The lowest BCUT2D eigenvalue weighted by Crippen LogP contribution is -2.34. The Balaban J connectivity index is 1.63. The van der Waals surface area contributed by atoms with Gasteiger partial charge in [0.05, 0.1) is 12.7 Å². The highest BCUT2D eigenvalue weighted by Crippen LogP contribution is 2.24. The van der Waals surface area contributed by atoms with Crippen molar-refractivity contribution in [3.8, 4) is 5.75 Å². The molecule has 4 nitrogen and oxygen atoms in total. The minimum Gasteiger partial charge on any atom is -0.465 e. The van der Waals surface area contributed by atoms with Crippen molar-refractivity contribution in [3.63, 3.8) is 0 Å². The molecular formula is C19H21NO3. The minimum atomic E-state index is -0.334. The van der Waals surface area contributed by atoms with Gasteiger partial charge in [0, 0.05) is 12.6 Å². The standard InChI is InChI=1S/C19H21NO3/c1-22-19(21)16-9-11-18(12-10-16)23-20-13-5-8-17(20)14-15-6-3-2-4-7-15/h2-4,6-7,9-12,17H,5,8,13-14H2,1H3/t17-/m0/s1. The summed E-state index contributed by atoms with van der Waals surface area (Å²) in [7, 11) is 1.38. The summed E-state index contributed by atoms with van der Waals surface area (Å²) in [5.41, 5.74) is 1.86. The molecule has 1 atom stereocenters. The molecule has 1 heterocycles.